The van der Waals surface area contributed by atoms with Crippen molar-refractivity contribution in [2.45, 2.75) is 6.92 Å². The second kappa shape index (κ2) is 7.60. The zero-order chi connectivity index (χ0) is 16.7. The molecule has 1 heterocycles. The Bertz CT molecular complexity index is 721. The van der Waals surface area contributed by atoms with Crippen molar-refractivity contribution in [3.8, 4) is 0 Å². The van der Waals surface area contributed by atoms with Gasteiger partial charge in [-0.1, -0.05) is 30.3 Å². The van der Waals surface area contributed by atoms with Crippen molar-refractivity contribution in [1.82, 2.24) is 16.2 Å². The van der Waals surface area contributed by atoms with Gasteiger partial charge in [0, 0.05) is 6.92 Å². The molecule has 23 heavy (non-hydrogen) atoms. The molecule has 0 aliphatic rings. The number of furan rings is 1. The van der Waals surface area contributed by atoms with E-state index in [2.05, 4.69) is 16.2 Å². The summed E-state index contributed by atoms with van der Waals surface area (Å²) >= 11 is 0. The summed E-state index contributed by atoms with van der Waals surface area (Å²) in [5.74, 6) is -1.62. The van der Waals surface area contributed by atoms with Crippen LogP contribution in [0.5, 0.6) is 0 Å². The Morgan fingerprint density at radius 2 is 1.74 bits per heavy atom. The Hall–Kier alpha value is -3.35. The van der Waals surface area contributed by atoms with E-state index in [4.69, 9.17) is 4.42 Å². The molecular formula is C16H15N3O4. The molecule has 0 aliphatic heterocycles. The Morgan fingerprint density at radius 1 is 1.00 bits per heavy atom. The van der Waals surface area contributed by atoms with Gasteiger partial charge in [-0.2, -0.15) is 0 Å². The lowest BCUT2D eigenvalue weighted by Gasteiger charge is -2.10. The SMILES string of the molecule is CC(=O)N/C(=C\c1ccccc1)C(=O)NNC(=O)c1ccco1. The summed E-state index contributed by atoms with van der Waals surface area (Å²) < 4.78 is 4.90. The van der Waals surface area contributed by atoms with Crippen molar-refractivity contribution in [2.75, 3.05) is 0 Å². The molecule has 0 radical (unpaired) electrons. The fourth-order valence-corrected chi connectivity index (χ4v) is 1.71. The van der Waals surface area contributed by atoms with E-state index in [1.54, 1.807) is 30.3 Å². The van der Waals surface area contributed by atoms with E-state index < -0.39 is 17.7 Å². The fraction of sp³-hybridized carbons (Fsp3) is 0.0625. The summed E-state index contributed by atoms with van der Waals surface area (Å²) in [5, 5.41) is 2.42. The molecule has 0 saturated carbocycles. The van der Waals surface area contributed by atoms with Gasteiger partial charge in [0.1, 0.15) is 5.70 Å². The minimum Gasteiger partial charge on any atom is -0.459 e. The molecule has 0 unspecified atom stereocenters. The van der Waals surface area contributed by atoms with Crippen molar-refractivity contribution in [3.05, 3.63) is 65.7 Å². The summed E-state index contributed by atoms with van der Waals surface area (Å²) in [6, 6.07) is 12.0. The van der Waals surface area contributed by atoms with Gasteiger partial charge in [0.15, 0.2) is 5.76 Å². The van der Waals surface area contributed by atoms with Gasteiger partial charge in [0.25, 0.3) is 5.91 Å². The number of amides is 3. The molecular weight excluding hydrogens is 298 g/mol. The lowest BCUT2D eigenvalue weighted by Crippen LogP contribution is -2.44. The second-order valence-corrected chi connectivity index (χ2v) is 4.54. The standard InChI is InChI=1S/C16H15N3O4/c1-11(20)17-13(10-12-6-3-2-4-7-12)15(21)18-19-16(22)14-8-5-9-23-14/h2-10H,1H3,(H,17,20)(H,18,21)(H,19,22)/b13-10-. The number of hydrogen-bond donors (Lipinski definition) is 3. The average Bonchev–Trinajstić information content (AvgIpc) is 3.06. The predicted octanol–water partition coefficient (Wildman–Crippen LogP) is 1.22. The Kier molecular flexibility index (Phi) is 5.30. The largest absolute Gasteiger partial charge is 0.459 e. The zero-order valence-electron chi connectivity index (χ0n) is 12.3. The Labute approximate surface area is 132 Å². The monoisotopic (exact) mass is 313 g/mol. The maximum Gasteiger partial charge on any atom is 0.305 e. The molecule has 3 amide bonds. The van der Waals surface area contributed by atoms with Crippen LogP contribution in [0.1, 0.15) is 23.0 Å². The summed E-state index contributed by atoms with van der Waals surface area (Å²) in [4.78, 5) is 35.0. The molecule has 0 atom stereocenters. The summed E-state index contributed by atoms with van der Waals surface area (Å²) in [5.41, 5.74) is 5.14. The molecule has 2 aromatic rings. The number of carbonyl (C=O) groups is 3. The molecule has 2 rings (SSSR count). The van der Waals surface area contributed by atoms with Crippen LogP contribution in [-0.4, -0.2) is 17.7 Å². The van der Waals surface area contributed by atoms with Gasteiger partial charge in [-0.3, -0.25) is 25.2 Å². The first kappa shape index (κ1) is 16.0. The number of hydrogen-bond acceptors (Lipinski definition) is 4. The van der Waals surface area contributed by atoms with Crippen LogP contribution in [0.2, 0.25) is 0 Å². The van der Waals surface area contributed by atoms with Crippen molar-refractivity contribution in [2.24, 2.45) is 0 Å². The lowest BCUT2D eigenvalue weighted by molar-refractivity contribution is -0.122. The highest BCUT2D eigenvalue weighted by Crippen LogP contribution is 2.05. The van der Waals surface area contributed by atoms with Crippen molar-refractivity contribution < 1.29 is 18.8 Å². The third-order valence-corrected chi connectivity index (χ3v) is 2.70. The average molecular weight is 313 g/mol. The first-order valence-electron chi connectivity index (χ1n) is 6.75. The summed E-state index contributed by atoms with van der Waals surface area (Å²) in [6.07, 6.45) is 2.84. The highest BCUT2D eigenvalue weighted by molar-refractivity contribution is 6.02. The highest BCUT2D eigenvalue weighted by Gasteiger charge is 2.14. The molecule has 118 valence electrons. The lowest BCUT2D eigenvalue weighted by atomic mass is 10.2. The van der Waals surface area contributed by atoms with E-state index in [0.717, 1.165) is 5.56 Å². The molecule has 0 saturated heterocycles. The molecule has 1 aromatic heterocycles. The quantitative estimate of drug-likeness (QED) is 0.583. The molecule has 7 nitrogen and oxygen atoms in total. The van der Waals surface area contributed by atoms with Crippen LogP contribution in [0.3, 0.4) is 0 Å². The Morgan fingerprint density at radius 3 is 2.35 bits per heavy atom. The van der Waals surface area contributed by atoms with E-state index >= 15 is 0 Å². The van der Waals surface area contributed by atoms with Crippen LogP contribution < -0.4 is 16.2 Å². The van der Waals surface area contributed by atoms with Crippen LogP contribution in [0.25, 0.3) is 6.08 Å². The maximum absolute atomic E-state index is 12.1. The molecule has 0 aliphatic carbocycles. The van der Waals surface area contributed by atoms with Crippen LogP contribution in [-0.2, 0) is 9.59 Å². The number of carbonyl (C=O) groups excluding carboxylic acids is 3. The van der Waals surface area contributed by atoms with Crippen molar-refractivity contribution >= 4 is 23.8 Å². The molecule has 3 N–H and O–H groups in total. The van der Waals surface area contributed by atoms with E-state index in [9.17, 15) is 14.4 Å². The van der Waals surface area contributed by atoms with Crippen molar-refractivity contribution in [1.29, 1.82) is 0 Å². The van der Waals surface area contributed by atoms with E-state index in [-0.39, 0.29) is 11.5 Å². The molecule has 1 aromatic carbocycles. The first-order valence-corrected chi connectivity index (χ1v) is 6.75. The van der Waals surface area contributed by atoms with Gasteiger partial charge in [-0.25, -0.2) is 0 Å². The minimum absolute atomic E-state index is 0.00319. The summed E-state index contributed by atoms with van der Waals surface area (Å²) in [7, 11) is 0. The Balaban J connectivity index is 2.06. The second-order valence-electron chi connectivity index (χ2n) is 4.54. The number of benzene rings is 1. The van der Waals surface area contributed by atoms with Gasteiger partial charge >= 0.3 is 5.91 Å². The van der Waals surface area contributed by atoms with Crippen LogP contribution in [0, 0.1) is 0 Å². The summed E-state index contributed by atoms with van der Waals surface area (Å²) in [6.45, 7) is 1.29. The van der Waals surface area contributed by atoms with Gasteiger partial charge in [-0.15, -0.1) is 0 Å². The number of hydrazine groups is 1. The van der Waals surface area contributed by atoms with Crippen molar-refractivity contribution in [3.63, 3.8) is 0 Å². The third kappa shape index (κ3) is 4.85. The van der Waals surface area contributed by atoms with Gasteiger partial charge in [-0.05, 0) is 23.8 Å². The first-order chi connectivity index (χ1) is 11.1. The molecule has 0 fully saturated rings. The highest BCUT2D eigenvalue weighted by atomic mass is 16.3. The smallest absolute Gasteiger partial charge is 0.305 e. The topological polar surface area (TPSA) is 100 Å². The maximum atomic E-state index is 12.1. The van der Waals surface area contributed by atoms with E-state index in [0.29, 0.717) is 0 Å². The van der Waals surface area contributed by atoms with Crippen LogP contribution in [0.4, 0.5) is 0 Å². The van der Waals surface area contributed by atoms with Crippen LogP contribution in [0.15, 0.2) is 58.8 Å². The molecule has 0 bridgehead atoms. The number of nitrogens with one attached hydrogen (secondary N) is 3. The zero-order valence-corrected chi connectivity index (χ0v) is 12.3. The normalized spacial score (nSPS) is 10.7. The van der Waals surface area contributed by atoms with E-state index in [1.807, 2.05) is 6.07 Å². The minimum atomic E-state index is -0.663. The number of rotatable bonds is 4. The van der Waals surface area contributed by atoms with Gasteiger partial charge in [0.2, 0.25) is 5.91 Å². The third-order valence-electron chi connectivity index (χ3n) is 2.70. The van der Waals surface area contributed by atoms with Gasteiger partial charge in [0.05, 0.1) is 6.26 Å². The molecule has 0 spiro atoms. The fourth-order valence-electron chi connectivity index (χ4n) is 1.71. The van der Waals surface area contributed by atoms with Gasteiger partial charge < -0.3 is 9.73 Å². The molecule has 7 heteroatoms. The van der Waals surface area contributed by atoms with E-state index in [1.165, 1.54) is 25.3 Å². The van der Waals surface area contributed by atoms with Crippen LogP contribution >= 0.6 is 0 Å². The predicted molar refractivity (Wildman–Crippen MR) is 82.6 cm³/mol.